The van der Waals surface area contributed by atoms with Crippen LogP contribution < -0.4 is 0 Å². The van der Waals surface area contributed by atoms with Gasteiger partial charge in [-0.15, -0.1) is 0 Å². The van der Waals surface area contributed by atoms with E-state index in [0.29, 0.717) is 17.7 Å². The van der Waals surface area contributed by atoms with Gasteiger partial charge in [0.05, 0.1) is 16.2 Å². The molecule has 0 unspecified atom stereocenters. The monoisotopic (exact) mass is 212 g/mol. The summed E-state index contributed by atoms with van der Waals surface area (Å²) in [6.07, 6.45) is 0.481. The van der Waals surface area contributed by atoms with Crippen molar-refractivity contribution in [2.45, 2.75) is 29.1 Å². The lowest BCUT2D eigenvalue weighted by Gasteiger charge is -2.31. The van der Waals surface area contributed by atoms with Gasteiger partial charge in [-0.1, -0.05) is 18.2 Å². The first-order valence-corrected chi connectivity index (χ1v) is 6.14. The summed E-state index contributed by atoms with van der Waals surface area (Å²) in [6.45, 7) is 0. The second-order valence-corrected chi connectivity index (χ2v) is 5.71. The van der Waals surface area contributed by atoms with E-state index in [2.05, 4.69) is 0 Å². The van der Waals surface area contributed by atoms with E-state index >= 15 is 0 Å². The zero-order valence-corrected chi connectivity index (χ0v) is 8.44. The Morgan fingerprint density at radius 3 is 2.21 bits per heavy atom. The largest absolute Gasteiger partial charge is 0.392 e. The Morgan fingerprint density at radius 2 is 1.79 bits per heavy atom. The van der Waals surface area contributed by atoms with Crippen molar-refractivity contribution in [1.29, 1.82) is 0 Å². The Bertz CT molecular complexity index is 410. The summed E-state index contributed by atoms with van der Waals surface area (Å²) in [5.74, 6) is 0. The predicted molar refractivity (Wildman–Crippen MR) is 52.7 cm³/mol. The Kier molecular flexibility index (Phi) is 2.33. The van der Waals surface area contributed by atoms with E-state index in [4.69, 9.17) is 0 Å². The lowest BCUT2D eigenvalue weighted by Crippen LogP contribution is -2.42. The molecule has 0 heterocycles. The summed E-state index contributed by atoms with van der Waals surface area (Å²) in [7, 11) is -3.30. The lowest BCUT2D eigenvalue weighted by molar-refractivity contribution is 0.0991. The van der Waals surface area contributed by atoms with Crippen molar-refractivity contribution in [3.63, 3.8) is 0 Å². The molecule has 1 N–H and O–H groups in total. The van der Waals surface area contributed by atoms with Gasteiger partial charge in [0.2, 0.25) is 0 Å². The van der Waals surface area contributed by atoms with Gasteiger partial charge < -0.3 is 5.11 Å². The van der Waals surface area contributed by atoms with E-state index < -0.39 is 21.2 Å². The van der Waals surface area contributed by atoms with E-state index in [-0.39, 0.29) is 0 Å². The van der Waals surface area contributed by atoms with Gasteiger partial charge in [-0.05, 0) is 25.0 Å². The molecule has 1 aromatic carbocycles. The fraction of sp³-hybridized carbons (Fsp3) is 0.400. The van der Waals surface area contributed by atoms with Crippen LogP contribution in [-0.2, 0) is 9.84 Å². The Hall–Kier alpha value is -0.870. The lowest BCUT2D eigenvalue weighted by atomic mass is 9.96. The van der Waals surface area contributed by atoms with Crippen molar-refractivity contribution in [3.8, 4) is 0 Å². The normalized spacial score (nSPS) is 26.9. The van der Waals surface area contributed by atoms with Crippen molar-refractivity contribution in [3.05, 3.63) is 30.3 Å². The van der Waals surface area contributed by atoms with Crippen LogP contribution in [0.1, 0.15) is 12.8 Å². The molecule has 4 heteroatoms. The van der Waals surface area contributed by atoms with Gasteiger partial charge in [-0.2, -0.15) is 0 Å². The van der Waals surface area contributed by atoms with Gasteiger partial charge in [-0.25, -0.2) is 8.42 Å². The van der Waals surface area contributed by atoms with Crippen LogP contribution >= 0.6 is 0 Å². The van der Waals surface area contributed by atoms with Crippen LogP contribution in [0.25, 0.3) is 0 Å². The molecular weight excluding hydrogens is 200 g/mol. The van der Waals surface area contributed by atoms with Gasteiger partial charge in [0.25, 0.3) is 0 Å². The molecule has 0 bridgehead atoms. The van der Waals surface area contributed by atoms with Crippen LogP contribution in [0.3, 0.4) is 0 Å². The molecule has 0 aliphatic heterocycles. The Labute approximate surface area is 83.3 Å². The molecule has 0 aromatic heterocycles. The first-order chi connectivity index (χ1) is 6.62. The third kappa shape index (κ3) is 1.44. The fourth-order valence-electron chi connectivity index (χ4n) is 1.60. The molecule has 0 saturated heterocycles. The molecular formula is C10H12O3S. The van der Waals surface area contributed by atoms with Gasteiger partial charge in [-0.3, -0.25) is 0 Å². The van der Waals surface area contributed by atoms with Crippen LogP contribution in [0.2, 0.25) is 0 Å². The van der Waals surface area contributed by atoms with Gasteiger partial charge in [0.1, 0.15) is 0 Å². The highest BCUT2D eigenvalue weighted by atomic mass is 32.2. The molecule has 2 rings (SSSR count). The van der Waals surface area contributed by atoms with E-state index in [1.165, 1.54) is 0 Å². The molecule has 0 spiro atoms. The SMILES string of the molecule is O=S(=O)(c1ccccc1)[C@@H]1CC[C@@H]1O. The molecule has 1 aromatic rings. The zero-order valence-electron chi connectivity index (χ0n) is 7.63. The summed E-state index contributed by atoms with van der Waals surface area (Å²) >= 11 is 0. The minimum atomic E-state index is -3.30. The molecule has 2 atom stereocenters. The van der Waals surface area contributed by atoms with Gasteiger partial charge in [0, 0.05) is 0 Å². The molecule has 1 saturated carbocycles. The summed E-state index contributed by atoms with van der Waals surface area (Å²) < 4.78 is 23.7. The second kappa shape index (κ2) is 3.37. The Balaban J connectivity index is 2.34. The second-order valence-electron chi connectivity index (χ2n) is 3.54. The minimum Gasteiger partial charge on any atom is -0.392 e. The summed E-state index contributed by atoms with van der Waals surface area (Å²) in [6, 6.07) is 8.30. The number of benzene rings is 1. The van der Waals surface area contributed by atoms with Crippen molar-refractivity contribution in [1.82, 2.24) is 0 Å². The number of aliphatic hydroxyl groups excluding tert-OH is 1. The third-order valence-electron chi connectivity index (χ3n) is 2.65. The molecule has 3 nitrogen and oxygen atoms in total. The molecule has 14 heavy (non-hydrogen) atoms. The first kappa shape index (κ1) is 9.68. The Morgan fingerprint density at radius 1 is 1.14 bits per heavy atom. The average molecular weight is 212 g/mol. The smallest absolute Gasteiger partial charge is 0.183 e. The molecule has 76 valence electrons. The number of aliphatic hydroxyl groups is 1. The molecule has 1 aliphatic rings. The first-order valence-electron chi connectivity index (χ1n) is 4.59. The number of hydrogen-bond acceptors (Lipinski definition) is 3. The molecule has 0 radical (unpaired) electrons. The van der Waals surface area contributed by atoms with Crippen LogP contribution in [-0.4, -0.2) is 24.9 Å². The minimum absolute atomic E-state index is 0.309. The van der Waals surface area contributed by atoms with Gasteiger partial charge in [0.15, 0.2) is 9.84 Å². The maximum absolute atomic E-state index is 11.9. The maximum Gasteiger partial charge on any atom is 0.183 e. The molecule has 1 aliphatic carbocycles. The quantitative estimate of drug-likeness (QED) is 0.795. The predicted octanol–water partition coefficient (Wildman–Crippen LogP) is 0.984. The van der Waals surface area contributed by atoms with Crippen LogP contribution in [0, 0.1) is 0 Å². The summed E-state index contributed by atoms with van der Waals surface area (Å²) in [5, 5.41) is 8.73. The van der Waals surface area contributed by atoms with E-state index in [1.807, 2.05) is 0 Å². The average Bonchev–Trinajstić information content (AvgIpc) is 2.16. The highest BCUT2D eigenvalue weighted by Gasteiger charge is 2.40. The summed E-state index contributed by atoms with van der Waals surface area (Å²) in [5.41, 5.74) is 0. The van der Waals surface area contributed by atoms with Crippen molar-refractivity contribution < 1.29 is 13.5 Å². The van der Waals surface area contributed by atoms with Gasteiger partial charge >= 0.3 is 0 Å². The third-order valence-corrected chi connectivity index (χ3v) is 4.92. The highest BCUT2D eigenvalue weighted by molar-refractivity contribution is 7.92. The summed E-state index contributed by atoms with van der Waals surface area (Å²) in [4.78, 5) is 0.309. The van der Waals surface area contributed by atoms with Crippen molar-refractivity contribution >= 4 is 9.84 Å². The molecule has 1 fully saturated rings. The van der Waals surface area contributed by atoms with Crippen LogP contribution in [0.15, 0.2) is 35.2 Å². The number of sulfone groups is 1. The van der Waals surface area contributed by atoms with E-state index in [0.717, 1.165) is 0 Å². The van der Waals surface area contributed by atoms with Crippen molar-refractivity contribution in [2.24, 2.45) is 0 Å². The topological polar surface area (TPSA) is 54.4 Å². The zero-order chi connectivity index (χ0) is 10.2. The van der Waals surface area contributed by atoms with Crippen molar-refractivity contribution in [2.75, 3.05) is 0 Å². The van der Waals surface area contributed by atoms with Crippen LogP contribution in [0.4, 0.5) is 0 Å². The van der Waals surface area contributed by atoms with E-state index in [1.54, 1.807) is 30.3 Å². The maximum atomic E-state index is 11.9. The van der Waals surface area contributed by atoms with E-state index in [9.17, 15) is 13.5 Å². The van der Waals surface area contributed by atoms with Crippen LogP contribution in [0.5, 0.6) is 0 Å². The fourth-order valence-corrected chi connectivity index (χ4v) is 3.48. The molecule has 0 amide bonds. The standard InChI is InChI=1S/C10H12O3S/c11-9-6-7-10(9)14(12,13)8-4-2-1-3-5-8/h1-5,9-11H,6-7H2/t9-,10+/m0/s1. The number of hydrogen-bond donors (Lipinski definition) is 1. The number of rotatable bonds is 2. The highest BCUT2D eigenvalue weighted by Crippen LogP contribution is 2.31.